The molecule has 0 aliphatic rings. The molecule has 3 heteroatoms. The average Bonchev–Trinajstić information content (AvgIpc) is 3.07. The normalized spacial score (nSPS) is 11.3. The molecule has 0 saturated heterocycles. The van der Waals surface area contributed by atoms with E-state index in [1.807, 2.05) is 91.9 Å². The molecule has 0 bridgehead atoms. The lowest BCUT2D eigenvalue weighted by Crippen LogP contribution is -2.09. The number of benzene rings is 3. The number of fused-ring (bicyclic) bond motifs is 1. The van der Waals surface area contributed by atoms with E-state index >= 15 is 0 Å². The van der Waals surface area contributed by atoms with E-state index in [1.165, 1.54) is 5.56 Å². The molecule has 0 fully saturated rings. The Morgan fingerprint density at radius 2 is 1.58 bits per heavy atom. The fourth-order valence-electron chi connectivity index (χ4n) is 2.95. The zero-order valence-corrected chi connectivity index (χ0v) is 14.5. The molecule has 4 aromatic rings. The van der Waals surface area contributed by atoms with Crippen molar-refractivity contribution in [1.29, 1.82) is 0 Å². The van der Waals surface area contributed by atoms with Crippen LogP contribution < -0.4 is 0 Å². The first kappa shape index (κ1) is 16.0. The average molecular weight is 338 g/mol. The SMILES string of the molecule is Cc1ccc(-c2nc3ccccc3n2C(=O)/C=C/c2ccccc2)cc1. The number of rotatable bonds is 3. The second-order valence-electron chi connectivity index (χ2n) is 6.21. The van der Waals surface area contributed by atoms with Gasteiger partial charge < -0.3 is 0 Å². The summed E-state index contributed by atoms with van der Waals surface area (Å²) in [5, 5.41) is 0. The summed E-state index contributed by atoms with van der Waals surface area (Å²) in [5.41, 5.74) is 4.71. The summed E-state index contributed by atoms with van der Waals surface area (Å²) in [4.78, 5) is 17.7. The number of hydrogen-bond donors (Lipinski definition) is 0. The Bertz CT molecular complexity index is 1090. The molecule has 1 heterocycles. The number of imidazole rings is 1. The molecule has 0 aliphatic heterocycles. The van der Waals surface area contributed by atoms with Gasteiger partial charge in [0.2, 0.25) is 0 Å². The highest BCUT2D eigenvalue weighted by Crippen LogP contribution is 2.25. The van der Waals surface area contributed by atoms with Crippen LogP contribution in [0, 0.1) is 6.92 Å². The molecule has 126 valence electrons. The molecule has 0 radical (unpaired) electrons. The molecule has 0 atom stereocenters. The topological polar surface area (TPSA) is 34.9 Å². The van der Waals surface area contributed by atoms with E-state index in [2.05, 4.69) is 0 Å². The Morgan fingerprint density at radius 3 is 2.35 bits per heavy atom. The van der Waals surface area contributed by atoms with Crippen molar-refractivity contribution in [3.05, 3.63) is 96.1 Å². The van der Waals surface area contributed by atoms with Gasteiger partial charge in [-0.3, -0.25) is 9.36 Å². The summed E-state index contributed by atoms with van der Waals surface area (Å²) in [7, 11) is 0. The number of carbonyl (C=O) groups is 1. The molecule has 4 rings (SSSR count). The van der Waals surface area contributed by atoms with E-state index in [9.17, 15) is 4.79 Å². The van der Waals surface area contributed by atoms with Gasteiger partial charge in [-0.25, -0.2) is 4.98 Å². The van der Waals surface area contributed by atoms with Gasteiger partial charge in [0.15, 0.2) is 0 Å². The highest BCUT2D eigenvalue weighted by molar-refractivity contribution is 6.02. The third kappa shape index (κ3) is 3.07. The van der Waals surface area contributed by atoms with E-state index in [4.69, 9.17) is 4.98 Å². The van der Waals surface area contributed by atoms with E-state index in [1.54, 1.807) is 10.6 Å². The van der Waals surface area contributed by atoms with Crippen LogP contribution in [0.5, 0.6) is 0 Å². The first-order valence-electron chi connectivity index (χ1n) is 8.54. The van der Waals surface area contributed by atoms with Crippen molar-refractivity contribution >= 4 is 23.0 Å². The molecular weight excluding hydrogens is 320 g/mol. The van der Waals surface area contributed by atoms with Gasteiger partial charge in [0.05, 0.1) is 11.0 Å². The van der Waals surface area contributed by atoms with Crippen molar-refractivity contribution < 1.29 is 4.79 Å². The maximum absolute atomic E-state index is 13.0. The van der Waals surface area contributed by atoms with Gasteiger partial charge in [-0.2, -0.15) is 0 Å². The van der Waals surface area contributed by atoms with Crippen LogP contribution in [0.25, 0.3) is 28.5 Å². The van der Waals surface area contributed by atoms with E-state index < -0.39 is 0 Å². The highest BCUT2D eigenvalue weighted by Gasteiger charge is 2.16. The fraction of sp³-hybridized carbons (Fsp3) is 0.0435. The Labute approximate surface area is 152 Å². The predicted molar refractivity (Wildman–Crippen MR) is 106 cm³/mol. The smallest absolute Gasteiger partial charge is 0.256 e. The van der Waals surface area contributed by atoms with Crippen LogP contribution >= 0.6 is 0 Å². The Morgan fingerprint density at radius 1 is 0.885 bits per heavy atom. The number of para-hydroxylation sites is 2. The van der Waals surface area contributed by atoms with Gasteiger partial charge in [0.25, 0.3) is 5.91 Å². The lowest BCUT2D eigenvalue weighted by molar-refractivity contribution is 0.0976. The molecule has 0 amide bonds. The number of nitrogens with zero attached hydrogens (tertiary/aromatic N) is 2. The van der Waals surface area contributed by atoms with E-state index in [-0.39, 0.29) is 5.91 Å². The Hall–Kier alpha value is -3.46. The molecule has 26 heavy (non-hydrogen) atoms. The number of aromatic nitrogens is 2. The van der Waals surface area contributed by atoms with Crippen molar-refractivity contribution in [2.75, 3.05) is 0 Å². The Balaban J connectivity index is 1.82. The van der Waals surface area contributed by atoms with Crippen molar-refractivity contribution in [3.63, 3.8) is 0 Å². The molecule has 3 nitrogen and oxygen atoms in total. The van der Waals surface area contributed by atoms with Gasteiger partial charge in [-0.1, -0.05) is 72.3 Å². The van der Waals surface area contributed by atoms with Gasteiger partial charge >= 0.3 is 0 Å². The van der Waals surface area contributed by atoms with Crippen LogP contribution in [-0.2, 0) is 0 Å². The van der Waals surface area contributed by atoms with Crippen LogP contribution in [0.3, 0.4) is 0 Å². The maximum Gasteiger partial charge on any atom is 0.256 e. The second kappa shape index (κ2) is 6.81. The summed E-state index contributed by atoms with van der Waals surface area (Å²) in [6, 6.07) is 25.6. The summed E-state index contributed by atoms with van der Waals surface area (Å²) in [6.07, 6.45) is 3.43. The monoisotopic (exact) mass is 338 g/mol. The summed E-state index contributed by atoms with van der Waals surface area (Å²) in [5.74, 6) is 0.548. The number of carbonyl (C=O) groups excluding carboxylic acids is 1. The zero-order chi connectivity index (χ0) is 17.9. The van der Waals surface area contributed by atoms with Gasteiger partial charge in [0.1, 0.15) is 5.82 Å². The van der Waals surface area contributed by atoms with Gasteiger partial charge in [0, 0.05) is 11.6 Å². The van der Waals surface area contributed by atoms with Crippen molar-refractivity contribution in [3.8, 4) is 11.4 Å². The standard InChI is InChI=1S/C23H18N2O/c1-17-11-14-19(15-12-17)23-24-20-9-5-6-10-21(20)25(23)22(26)16-13-18-7-3-2-4-8-18/h2-16H,1H3/b16-13+. The number of hydrogen-bond acceptors (Lipinski definition) is 2. The summed E-state index contributed by atoms with van der Waals surface area (Å²) < 4.78 is 1.68. The van der Waals surface area contributed by atoms with E-state index in [0.717, 1.165) is 22.2 Å². The molecule has 0 N–H and O–H groups in total. The minimum Gasteiger partial charge on any atom is -0.269 e. The first-order chi connectivity index (χ1) is 12.7. The van der Waals surface area contributed by atoms with E-state index in [0.29, 0.717) is 5.82 Å². The van der Waals surface area contributed by atoms with Gasteiger partial charge in [-0.05, 0) is 30.7 Å². The third-order valence-corrected chi connectivity index (χ3v) is 4.31. The zero-order valence-electron chi connectivity index (χ0n) is 14.5. The molecule has 0 unspecified atom stereocenters. The quantitative estimate of drug-likeness (QED) is 0.471. The minimum absolute atomic E-state index is 0.113. The van der Waals surface area contributed by atoms with Crippen molar-refractivity contribution in [2.24, 2.45) is 0 Å². The van der Waals surface area contributed by atoms with Crippen LogP contribution in [0.2, 0.25) is 0 Å². The number of allylic oxidation sites excluding steroid dienone is 1. The molecular formula is C23H18N2O. The first-order valence-corrected chi connectivity index (χ1v) is 8.54. The van der Waals surface area contributed by atoms with Crippen molar-refractivity contribution in [2.45, 2.75) is 6.92 Å². The van der Waals surface area contributed by atoms with Crippen LogP contribution in [-0.4, -0.2) is 15.5 Å². The number of aryl methyl sites for hydroxylation is 1. The molecule has 0 spiro atoms. The highest BCUT2D eigenvalue weighted by atomic mass is 16.2. The van der Waals surface area contributed by atoms with Crippen molar-refractivity contribution in [1.82, 2.24) is 9.55 Å². The second-order valence-corrected chi connectivity index (χ2v) is 6.21. The van der Waals surface area contributed by atoms with Gasteiger partial charge in [-0.15, -0.1) is 0 Å². The molecule has 0 saturated carbocycles. The molecule has 3 aromatic carbocycles. The van der Waals surface area contributed by atoms with Crippen LogP contribution in [0.4, 0.5) is 0 Å². The Kier molecular flexibility index (Phi) is 4.20. The maximum atomic E-state index is 13.0. The summed E-state index contributed by atoms with van der Waals surface area (Å²) >= 11 is 0. The largest absolute Gasteiger partial charge is 0.269 e. The molecule has 1 aromatic heterocycles. The third-order valence-electron chi connectivity index (χ3n) is 4.31. The fourth-order valence-corrected chi connectivity index (χ4v) is 2.95. The minimum atomic E-state index is -0.113. The van der Waals surface area contributed by atoms with Crippen LogP contribution in [0.15, 0.2) is 84.9 Å². The van der Waals surface area contributed by atoms with Crippen LogP contribution in [0.1, 0.15) is 15.9 Å². The lowest BCUT2D eigenvalue weighted by atomic mass is 10.1. The predicted octanol–water partition coefficient (Wildman–Crippen LogP) is 5.37. The lowest BCUT2D eigenvalue weighted by Gasteiger charge is -2.06. The molecule has 0 aliphatic carbocycles. The summed E-state index contributed by atoms with van der Waals surface area (Å²) in [6.45, 7) is 2.04.